The van der Waals surface area contributed by atoms with Crippen LogP contribution in [0.5, 0.6) is 11.5 Å². The molecule has 0 spiro atoms. The molecule has 1 aliphatic rings. The lowest BCUT2D eigenvalue weighted by Crippen LogP contribution is -2.09. The molecule has 2 heterocycles. The highest BCUT2D eigenvalue weighted by atomic mass is 19.1. The van der Waals surface area contributed by atoms with Gasteiger partial charge in [-0.1, -0.05) is 18.2 Å². The number of benzene rings is 2. The van der Waals surface area contributed by atoms with Crippen LogP contribution < -0.4 is 9.47 Å². The first-order chi connectivity index (χ1) is 13.5. The van der Waals surface area contributed by atoms with Gasteiger partial charge >= 0.3 is 5.97 Å². The van der Waals surface area contributed by atoms with Crippen molar-refractivity contribution in [1.82, 2.24) is 4.98 Å². The Morgan fingerprint density at radius 1 is 1.11 bits per heavy atom. The van der Waals surface area contributed by atoms with E-state index >= 15 is 0 Å². The van der Waals surface area contributed by atoms with Gasteiger partial charge in [-0.3, -0.25) is 9.78 Å². The molecule has 0 radical (unpaired) electrons. The van der Waals surface area contributed by atoms with Crippen molar-refractivity contribution in [2.45, 2.75) is 6.92 Å². The van der Waals surface area contributed by atoms with E-state index in [9.17, 15) is 14.0 Å². The van der Waals surface area contributed by atoms with Gasteiger partial charge in [-0.05, 0) is 43.3 Å². The minimum absolute atomic E-state index is 0.0146. The highest BCUT2D eigenvalue weighted by Gasteiger charge is 2.30. The lowest BCUT2D eigenvalue weighted by Gasteiger charge is -2.10. The molecule has 5 nitrogen and oxygen atoms in total. The topological polar surface area (TPSA) is 65.5 Å². The van der Waals surface area contributed by atoms with Crippen molar-refractivity contribution in [2.75, 3.05) is 0 Å². The van der Waals surface area contributed by atoms with Crippen LogP contribution in [0.3, 0.4) is 0 Å². The number of ether oxygens (including phenoxy) is 2. The maximum absolute atomic E-state index is 13.9. The molecule has 138 valence electrons. The van der Waals surface area contributed by atoms with Gasteiger partial charge in [0.15, 0.2) is 5.76 Å². The summed E-state index contributed by atoms with van der Waals surface area (Å²) in [5.74, 6) is -0.759. The Morgan fingerprint density at radius 3 is 2.61 bits per heavy atom. The summed E-state index contributed by atoms with van der Waals surface area (Å²) in [6.07, 6.45) is 4.35. The minimum Gasteiger partial charge on any atom is -0.452 e. The molecule has 0 fully saturated rings. The molecule has 0 atom stereocenters. The molecule has 28 heavy (non-hydrogen) atoms. The van der Waals surface area contributed by atoms with Crippen LogP contribution in [0, 0.1) is 12.7 Å². The fourth-order valence-electron chi connectivity index (χ4n) is 2.86. The van der Waals surface area contributed by atoms with E-state index in [4.69, 9.17) is 9.47 Å². The molecule has 4 rings (SSSR count). The lowest BCUT2D eigenvalue weighted by molar-refractivity contribution is 0.0733. The van der Waals surface area contributed by atoms with E-state index < -0.39 is 11.8 Å². The van der Waals surface area contributed by atoms with Crippen LogP contribution in [-0.2, 0) is 0 Å². The number of pyridine rings is 1. The number of aromatic nitrogens is 1. The van der Waals surface area contributed by atoms with Crippen LogP contribution >= 0.6 is 0 Å². The normalized spacial score (nSPS) is 13.9. The molecule has 0 N–H and O–H groups in total. The van der Waals surface area contributed by atoms with E-state index in [-0.39, 0.29) is 22.9 Å². The number of hydrogen-bond donors (Lipinski definition) is 0. The number of allylic oxidation sites excluding steroid dienone is 1. The minimum atomic E-state index is -0.545. The van der Waals surface area contributed by atoms with E-state index in [0.29, 0.717) is 22.4 Å². The molecule has 0 saturated carbocycles. The number of Topliss-reactive ketones (excluding diaryl/α,β-unsaturated/α-hetero) is 1. The highest BCUT2D eigenvalue weighted by Crippen LogP contribution is 2.39. The van der Waals surface area contributed by atoms with Crippen molar-refractivity contribution in [3.05, 3.63) is 94.8 Å². The van der Waals surface area contributed by atoms with E-state index in [1.165, 1.54) is 30.6 Å². The van der Waals surface area contributed by atoms with Crippen molar-refractivity contribution in [1.29, 1.82) is 0 Å². The summed E-state index contributed by atoms with van der Waals surface area (Å²) in [7, 11) is 0. The zero-order valence-corrected chi connectivity index (χ0v) is 14.8. The SMILES string of the molecule is Cc1c(OC(=O)c2ccncc2)ccc2c1O/C(=C\c1ccccc1F)C2=O. The predicted molar refractivity (Wildman–Crippen MR) is 99.7 cm³/mol. The van der Waals surface area contributed by atoms with Crippen LogP contribution in [0.15, 0.2) is 66.7 Å². The summed E-state index contributed by atoms with van der Waals surface area (Å²) >= 11 is 0. The molecule has 0 saturated heterocycles. The zero-order valence-electron chi connectivity index (χ0n) is 14.8. The Labute approximate surface area is 160 Å². The largest absolute Gasteiger partial charge is 0.452 e. The van der Waals surface area contributed by atoms with Crippen molar-refractivity contribution in [3.8, 4) is 11.5 Å². The predicted octanol–water partition coefficient (Wildman–Crippen LogP) is 4.36. The number of carbonyl (C=O) groups is 2. The summed E-state index contributed by atoms with van der Waals surface area (Å²) < 4.78 is 25.0. The second-order valence-electron chi connectivity index (χ2n) is 6.15. The Balaban J connectivity index is 1.64. The molecule has 0 bridgehead atoms. The number of ketones is 1. The first kappa shape index (κ1) is 17.6. The van der Waals surface area contributed by atoms with Gasteiger partial charge in [0, 0.05) is 23.5 Å². The van der Waals surface area contributed by atoms with Crippen LogP contribution in [0.1, 0.15) is 31.8 Å². The summed E-state index contributed by atoms with van der Waals surface area (Å²) in [6, 6.07) is 12.3. The molecule has 0 amide bonds. The van der Waals surface area contributed by atoms with E-state index in [1.807, 2.05) is 0 Å². The molecular formula is C22H14FNO4. The third-order valence-corrected chi connectivity index (χ3v) is 4.35. The molecule has 1 aliphatic heterocycles. The van der Waals surface area contributed by atoms with Gasteiger partial charge < -0.3 is 9.47 Å². The van der Waals surface area contributed by atoms with Crippen molar-refractivity contribution < 1.29 is 23.5 Å². The number of rotatable bonds is 3. The number of esters is 1. The summed E-state index contributed by atoms with van der Waals surface area (Å²) in [6.45, 7) is 1.69. The summed E-state index contributed by atoms with van der Waals surface area (Å²) in [4.78, 5) is 28.7. The zero-order chi connectivity index (χ0) is 19.7. The third-order valence-electron chi connectivity index (χ3n) is 4.35. The fourth-order valence-corrected chi connectivity index (χ4v) is 2.86. The summed E-state index contributed by atoms with van der Waals surface area (Å²) in [5.41, 5.74) is 1.45. The number of carbonyl (C=O) groups excluding carboxylic acids is 2. The van der Waals surface area contributed by atoms with Gasteiger partial charge in [-0.25, -0.2) is 9.18 Å². The van der Waals surface area contributed by atoms with Crippen molar-refractivity contribution in [2.24, 2.45) is 0 Å². The van der Waals surface area contributed by atoms with Crippen LogP contribution in [0.25, 0.3) is 6.08 Å². The Hall–Kier alpha value is -3.80. The maximum Gasteiger partial charge on any atom is 0.343 e. The molecule has 3 aromatic rings. The third kappa shape index (κ3) is 3.16. The molecule has 1 aromatic heterocycles. The first-order valence-corrected chi connectivity index (χ1v) is 8.49. The van der Waals surface area contributed by atoms with Gasteiger partial charge in [0.1, 0.15) is 17.3 Å². The molecular weight excluding hydrogens is 361 g/mol. The maximum atomic E-state index is 13.9. The Morgan fingerprint density at radius 2 is 1.86 bits per heavy atom. The number of fused-ring (bicyclic) bond motifs is 1. The lowest BCUT2D eigenvalue weighted by atomic mass is 10.1. The first-order valence-electron chi connectivity index (χ1n) is 8.49. The van der Waals surface area contributed by atoms with E-state index in [1.54, 1.807) is 43.3 Å². The number of halogens is 1. The average Bonchev–Trinajstić information content (AvgIpc) is 3.03. The summed E-state index contributed by atoms with van der Waals surface area (Å²) in [5, 5.41) is 0. The quantitative estimate of drug-likeness (QED) is 0.386. The number of nitrogens with zero attached hydrogens (tertiary/aromatic N) is 1. The standard InChI is InChI=1S/C22H14FNO4/c1-13-18(28-22(26)14-8-10-24-11-9-14)7-6-16-20(25)19(27-21(13)16)12-15-4-2-3-5-17(15)23/h2-12H,1H3/b19-12-. The molecule has 0 unspecified atom stereocenters. The average molecular weight is 375 g/mol. The van der Waals surface area contributed by atoms with Crippen LogP contribution in [-0.4, -0.2) is 16.7 Å². The molecule has 0 aliphatic carbocycles. The smallest absolute Gasteiger partial charge is 0.343 e. The van der Waals surface area contributed by atoms with E-state index in [2.05, 4.69) is 4.98 Å². The van der Waals surface area contributed by atoms with Gasteiger partial charge in [0.05, 0.1) is 11.1 Å². The Bertz CT molecular complexity index is 1120. The van der Waals surface area contributed by atoms with Gasteiger partial charge in [-0.15, -0.1) is 0 Å². The van der Waals surface area contributed by atoms with Crippen molar-refractivity contribution >= 4 is 17.8 Å². The molecule has 6 heteroatoms. The highest BCUT2D eigenvalue weighted by molar-refractivity contribution is 6.15. The van der Waals surface area contributed by atoms with Gasteiger partial charge in [0.25, 0.3) is 0 Å². The Kier molecular flexibility index (Phi) is 4.45. The van der Waals surface area contributed by atoms with Crippen LogP contribution in [0.2, 0.25) is 0 Å². The van der Waals surface area contributed by atoms with Gasteiger partial charge in [0.2, 0.25) is 5.78 Å². The monoisotopic (exact) mass is 375 g/mol. The second kappa shape index (κ2) is 7.08. The molecule has 2 aromatic carbocycles. The second-order valence-corrected chi connectivity index (χ2v) is 6.15. The van der Waals surface area contributed by atoms with Gasteiger partial charge in [-0.2, -0.15) is 0 Å². The fraction of sp³-hybridized carbons (Fsp3) is 0.0455. The van der Waals surface area contributed by atoms with Crippen molar-refractivity contribution in [3.63, 3.8) is 0 Å². The van der Waals surface area contributed by atoms with Crippen LogP contribution in [0.4, 0.5) is 4.39 Å². The number of hydrogen-bond acceptors (Lipinski definition) is 5. The van der Waals surface area contributed by atoms with E-state index in [0.717, 1.165) is 0 Å².